The third kappa shape index (κ3) is 3.51. The number of carbonyl (C=O) groups excluding carboxylic acids is 2. The van der Waals surface area contributed by atoms with E-state index in [1.54, 1.807) is 0 Å². The average Bonchev–Trinajstić information content (AvgIpc) is 2.98. The van der Waals surface area contributed by atoms with Crippen molar-refractivity contribution in [3.8, 4) is 0 Å². The molecule has 3 N–H and O–H groups in total. The zero-order valence-electron chi connectivity index (χ0n) is 12.3. The molecule has 1 aliphatic heterocycles. The standard InChI is InChI=1S/C15H27N3O2/c16-12-15(7-2-3-8-15)14(20)17-9-6-13(19)18-10-4-1-5-11-18/h1-12,16H2,(H,17,20). The molecule has 2 fully saturated rings. The summed E-state index contributed by atoms with van der Waals surface area (Å²) in [4.78, 5) is 26.2. The van der Waals surface area contributed by atoms with E-state index >= 15 is 0 Å². The molecule has 0 aromatic rings. The van der Waals surface area contributed by atoms with Gasteiger partial charge in [-0.05, 0) is 32.1 Å². The van der Waals surface area contributed by atoms with Gasteiger partial charge in [-0.25, -0.2) is 0 Å². The lowest BCUT2D eigenvalue weighted by atomic mass is 9.85. The average molecular weight is 281 g/mol. The highest BCUT2D eigenvalue weighted by Crippen LogP contribution is 2.37. The Morgan fingerprint density at radius 1 is 1.05 bits per heavy atom. The van der Waals surface area contributed by atoms with Crippen molar-refractivity contribution in [2.75, 3.05) is 26.2 Å². The number of hydrogen-bond acceptors (Lipinski definition) is 3. The van der Waals surface area contributed by atoms with Crippen LogP contribution in [0.1, 0.15) is 51.4 Å². The van der Waals surface area contributed by atoms with E-state index in [-0.39, 0.29) is 17.2 Å². The summed E-state index contributed by atoms with van der Waals surface area (Å²) in [6.07, 6.45) is 7.77. The third-order valence-corrected chi connectivity index (χ3v) is 4.77. The fraction of sp³-hybridized carbons (Fsp3) is 0.867. The van der Waals surface area contributed by atoms with Crippen molar-refractivity contribution < 1.29 is 9.59 Å². The Morgan fingerprint density at radius 3 is 2.30 bits per heavy atom. The Hall–Kier alpha value is -1.10. The summed E-state index contributed by atoms with van der Waals surface area (Å²) in [5, 5.41) is 2.92. The molecular formula is C15H27N3O2. The van der Waals surface area contributed by atoms with Crippen LogP contribution < -0.4 is 11.1 Å². The van der Waals surface area contributed by atoms with Crippen molar-refractivity contribution in [1.82, 2.24) is 10.2 Å². The van der Waals surface area contributed by atoms with Gasteiger partial charge in [0.2, 0.25) is 11.8 Å². The molecule has 0 aromatic heterocycles. The summed E-state index contributed by atoms with van der Waals surface area (Å²) >= 11 is 0. The molecule has 0 unspecified atom stereocenters. The van der Waals surface area contributed by atoms with Gasteiger partial charge in [0.05, 0.1) is 5.41 Å². The molecule has 1 saturated carbocycles. The van der Waals surface area contributed by atoms with Gasteiger partial charge in [-0.15, -0.1) is 0 Å². The fourth-order valence-electron chi connectivity index (χ4n) is 3.35. The molecule has 5 nitrogen and oxygen atoms in total. The lowest BCUT2D eigenvalue weighted by Gasteiger charge is -2.28. The van der Waals surface area contributed by atoms with Crippen LogP contribution in [0.25, 0.3) is 0 Å². The zero-order chi connectivity index (χ0) is 14.4. The summed E-state index contributed by atoms with van der Waals surface area (Å²) in [5.41, 5.74) is 5.42. The Balaban J connectivity index is 1.72. The van der Waals surface area contributed by atoms with E-state index < -0.39 is 0 Å². The highest BCUT2D eigenvalue weighted by Gasteiger charge is 2.39. The van der Waals surface area contributed by atoms with Crippen molar-refractivity contribution in [2.45, 2.75) is 51.4 Å². The van der Waals surface area contributed by atoms with Crippen molar-refractivity contribution in [3.63, 3.8) is 0 Å². The second kappa shape index (κ2) is 7.07. The van der Waals surface area contributed by atoms with E-state index in [2.05, 4.69) is 5.32 Å². The van der Waals surface area contributed by atoms with Crippen LogP contribution in [-0.4, -0.2) is 42.9 Å². The molecule has 2 amide bonds. The smallest absolute Gasteiger partial charge is 0.227 e. The quantitative estimate of drug-likeness (QED) is 0.790. The van der Waals surface area contributed by atoms with Crippen LogP contribution in [0.2, 0.25) is 0 Å². The van der Waals surface area contributed by atoms with Gasteiger partial charge >= 0.3 is 0 Å². The maximum absolute atomic E-state index is 12.2. The van der Waals surface area contributed by atoms with Crippen molar-refractivity contribution in [2.24, 2.45) is 11.1 Å². The van der Waals surface area contributed by atoms with E-state index in [9.17, 15) is 9.59 Å². The molecule has 0 aromatic carbocycles. The molecule has 0 radical (unpaired) electrons. The molecule has 1 heterocycles. The molecule has 1 saturated heterocycles. The normalized spacial score (nSPS) is 21.8. The molecule has 0 atom stereocenters. The molecule has 1 aliphatic carbocycles. The van der Waals surface area contributed by atoms with Gasteiger partial charge in [0, 0.05) is 32.6 Å². The van der Waals surface area contributed by atoms with Crippen LogP contribution in [-0.2, 0) is 9.59 Å². The lowest BCUT2D eigenvalue weighted by Crippen LogP contribution is -2.45. The summed E-state index contributed by atoms with van der Waals surface area (Å²) < 4.78 is 0. The van der Waals surface area contributed by atoms with Crippen molar-refractivity contribution in [3.05, 3.63) is 0 Å². The number of nitrogens with two attached hydrogens (primary N) is 1. The van der Waals surface area contributed by atoms with Crippen LogP contribution in [0, 0.1) is 5.41 Å². The molecule has 5 heteroatoms. The van der Waals surface area contributed by atoms with E-state index in [0.29, 0.717) is 19.5 Å². The number of likely N-dealkylation sites (tertiary alicyclic amines) is 1. The van der Waals surface area contributed by atoms with E-state index in [4.69, 9.17) is 5.73 Å². The molecule has 2 rings (SSSR count). The molecule has 20 heavy (non-hydrogen) atoms. The van der Waals surface area contributed by atoms with Gasteiger partial charge in [0.1, 0.15) is 0 Å². The minimum Gasteiger partial charge on any atom is -0.355 e. The number of rotatable bonds is 5. The van der Waals surface area contributed by atoms with Crippen molar-refractivity contribution in [1.29, 1.82) is 0 Å². The van der Waals surface area contributed by atoms with Gasteiger partial charge < -0.3 is 16.0 Å². The molecular weight excluding hydrogens is 254 g/mol. The van der Waals surface area contributed by atoms with Gasteiger partial charge in [-0.2, -0.15) is 0 Å². The van der Waals surface area contributed by atoms with Crippen LogP contribution in [0.3, 0.4) is 0 Å². The van der Waals surface area contributed by atoms with E-state index in [0.717, 1.165) is 51.6 Å². The number of piperidine rings is 1. The first-order valence-corrected chi connectivity index (χ1v) is 7.94. The van der Waals surface area contributed by atoms with Gasteiger partial charge in [-0.3, -0.25) is 9.59 Å². The first kappa shape index (κ1) is 15.3. The molecule has 0 spiro atoms. The Kier molecular flexibility index (Phi) is 5.40. The maximum atomic E-state index is 12.2. The third-order valence-electron chi connectivity index (χ3n) is 4.77. The first-order chi connectivity index (χ1) is 9.68. The second-order valence-corrected chi connectivity index (χ2v) is 6.14. The van der Waals surface area contributed by atoms with Crippen LogP contribution in [0.15, 0.2) is 0 Å². The number of nitrogens with zero attached hydrogens (tertiary/aromatic N) is 1. The van der Waals surface area contributed by atoms with Gasteiger partial charge in [-0.1, -0.05) is 12.8 Å². The predicted octanol–water partition coefficient (Wildman–Crippen LogP) is 1.02. The molecule has 0 bridgehead atoms. The maximum Gasteiger partial charge on any atom is 0.227 e. The Morgan fingerprint density at radius 2 is 1.70 bits per heavy atom. The van der Waals surface area contributed by atoms with E-state index in [1.165, 1.54) is 6.42 Å². The van der Waals surface area contributed by atoms with Gasteiger partial charge in [0.15, 0.2) is 0 Å². The second-order valence-electron chi connectivity index (χ2n) is 6.14. The topological polar surface area (TPSA) is 75.4 Å². The number of amides is 2. The summed E-state index contributed by atoms with van der Waals surface area (Å²) in [7, 11) is 0. The lowest BCUT2D eigenvalue weighted by molar-refractivity contribution is -0.132. The fourth-order valence-corrected chi connectivity index (χ4v) is 3.35. The SMILES string of the molecule is NCC1(C(=O)NCCC(=O)N2CCCCC2)CCCC1. The predicted molar refractivity (Wildman–Crippen MR) is 78.0 cm³/mol. The van der Waals surface area contributed by atoms with Crippen LogP contribution in [0.4, 0.5) is 0 Å². The largest absolute Gasteiger partial charge is 0.355 e. The van der Waals surface area contributed by atoms with Gasteiger partial charge in [0.25, 0.3) is 0 Å². The first-order valence-electron chi connectivity index (χ1n) is 7.94. The number of nitrogens with one attached hydrogen (secondary N) is 1. The highest BCUT2D eigenvalue weighted by molar-refractivity contribution is 5.84. The van der Waals surface area contributed by atoms with E-state index in [1.807, 2.05) is 4.90 Å². The van der Waals surface area contributed by atoms with Crippen LogP contribution in [0.5, 0.6) is 0 Å². The number of carbonyl (C=O) groups is 2. The molecule has 2 aliphatic rings. The zero-order valence-corrected chi connectivity index (χ0v) is 12.3. The summed E-state index contributed by atoms with van der Waals surface area (Å²) in [5.74, 6) is 0.210. The minimum absolute atomic E-state index is 0.0453. The van der Waals surface area contributed by atoms with Crippen LogP contribution >= 0.6 is 0 Å². The van der Waals surface area contributed by atoms with Crippen molar-refractivity contribution >= 4 is 11.8 Å². The molecule has 114 valence electrons. The minimum atomic E-state index is -0.367. The Labute approximate surface area is 121 Å². The number of hydrogen-bond donors (Lipinski definition) is 2. The highest BCUT2D eigenvalue weighted by atomic mass is 16.2. The monoisotopic (exact) mass is 281 g/mol. The Bertz CT molecular complexity index is 345. The summed E-state index contributed by atoms with van der Waals surface area (Å²) in [6.45, 7) is 2.61. The summed E-state index contributed by atoms with van der Waals surface area (Å²) in [6, 6.07) is 0.